The monoisotopic (exact) mass is 573 g/mol. The molecule has 0 radical (unpaired) electrons. The fraction of sp³-hybridized carbons (Fsp3) is 0.297. The van der Waals surface area contributed by atoms with E-state index in [0.29, 0.717) is 11.8 Å². The summed E-state index contributed by atoms with van der Waals surface area (Å²) in [7, 11) is 0. The Balaban J connectivity index is 0.00000264. The van der Waals surface area contributed by atoms with Crippen LogP contribution in [0.1, 0.15) is 60.3 Å². The largest absolute Gasteiger partial charge is 0.461 e. The van der Waals surface area contributed by atoms with Gasteiger partial charge in [-0.05, 0) is 67.2 Å². The van der Waals surface area contributed by atoms with E-state index in [1.165, 1.54) is 38.8 Å². The molecule has 4 atom stereocenters. The quantitative estimate of drug-likeness (QED) is 0.180. The Kier molecular flexibility index (Phi) is 6.47. The molecule has 0 bridgehead atoms. The van der Waals surface area contributed by atoms with Gasteiger partial charge in [0.15, 0.2) is 0 Å². The van der Waals surface area contributed by atoms with Crippen molar-refractivity contribution < 1.29 is 28.3 Å². The summed E-state index contributed by atoms with van der Waals surface area (Å²) in [5, 5.41) is 2.53. The average molecular weight is 575 g/mol. The minimum absolute atomic E-state index is 0. The summed E-state index contributed by atoms with van der Waals surface area (Å²) in [6.45, 7) is 2.47. The van der Waals surface area contributed by atoms with Gasteiger partial charge in [-0.2, -0.15) is 6.08 Å². The van der Waals surface area contributed by atoms with Crippen molar-refractivity contribution in [2.45, 2.75) is 51.4 Å². The van der Waals surface area contributed by atoms with E-state index in [4.69, 9.17) is 8.83 Å². The van der Waals surface area contributed by atoms with Gasteiger partial charge in [0.25, 0.3) is 0 Å². The second-order valence-electron chi connectivity index (χ2n) is 12.0. The van der Waals surface area contributed by atoms with Gasteiger partial charge >= 0.3 is 0 Å². The smallest absolute Gasteiger partial charge is 0.134 e. The fourth-order valence-electron chi connectivity index (χ4n) is 7.55. The number of hydrogen-bond acceptors (Lipinski definition) is 2. The van der Waals surface area contributed by atoms with E-state index in [0.717, 1.165) is 55.5 Å². The maximum absolute atomic E-state index is 6.23. The van der Waals surface area contributed by atoms with Gasteiger partial charge in [-0.25, -0.2) is 11.6 Å². The molecule has 4 unspecified atom stereocenters. The number of rotatable bonds is 3. The number of furan rings is 2. The van der Waals surface area contributed by atoms with Crippen molar-refractivity contribution in [3.05, 3.63) is 125 Å². The van der Waals surface area contributed by atoms with Crippen LogP contribution >= 0.6 is 0 Å². The van der Waals surface area contributed by atoms with Crippen molar-refractivity contribution in [1.29, 1.82) is 0 Å². The van der Waals surface area contributed by atoms with Gasteiger partial charge < -0.3 is 8.83 Å². The average Bonchev–Trinajstić information content (AvgIpc) is 3.55. The summed E-state index contributed by atoms with van der Waals surface area (Å²) in [5.41, 5.74) is 7.37. The van der Waals surface area contributed by atoms with Gasteiger partial charge in [0.05, 0.1) is 0 Å². The third-order valence-corrected chi connectivity index (χ3v) is 9.73. The molecule has 0 N–H and O–H groups in total. The first kappa shape index (κ1) is 25.8. The Bertz CT molecular complexity index is 1760. The zero-order valence-corrected chi connectivity index (χ0v) is 26.1. The maximum Gasteiger partial charge on any atom is 0.134 e. The third kappa shape index (κ3) is 4.08. The number of fused-ring (bicyclic) bond motifs is 6. The molecule has 2 heterocycles. The fourth-order valence-corrected chi connectivity index (χ4v) is 7.55. The van der Waals surface area contributed by atoms with E-state index < -0.39 is 0 Å². The SMILES string of the molecule is CC1(C2C=CC=CC2)C=C(C2CCc3oc4ccccc4c3C2)[C-]=CC1c1ccc2oc3c(c2c1)C=CCC3.[Zn]. The van der Waals surface area contributed by atoms with Crippen LogP contribution in [-0.2, 0) is 38.7 Å². The van der Waals surface area contributed by atoms with Gasteiger partial charge in [0.2, 0.25) is 0 Å². The molecule has 4 aliphatic rings. The minimum Gasteiger partial charge on any atom is -0.461 e. The van der Waals surface area contributed by atoms with Gasteiger partial charge in [0.1, 0.15) is 22.7 Å². The Labute approximate surface area is 249 Å². The molecule has 4 aliphatic carbocycles. The number of aryl methyl sites for hydroxylation is 2. The third-order valence-electron chi connectivity index (χ3n) is 9.73. The van der Waals surface area contributed by atoms with Crippen LogP contribution in [0.2, 0.25) is 0 Å². The van der Waals surface area contributed by atoms with Crippen LogP contribution in [0.15, 0.2) is 99.4 Å². The predicted molar refractivity (Wildman–Crippen MR) is 158 cm³/mol. The normalized spacial score (nSPS) is 26.9. The summed E-state index contributed by atoms with van der Waals surface area (Å²) >= 11 is 0. The van der Waals surface area contributed by atoms with Crippen molar-refractivity contribution >= 4 is 28.0 Å². The van der Waals surface area contributed by atoms with Crippen LogP contribution in [0, 0.1) is 23.3 Å². The van der Waals surface area contributed by atoms with Crippen LogP contribution in [0.3, 0.4) is 0 Å². The van der Waals surface area contributed by atoms with Crippen molar-refractivity contribution in [3.63, 3.8) is 0 Å². The molecule has 0 fully saturated rings. The van der Waals surface area contributed by atoms with E-state index in [1.807, 2.05) is 0 Å². The summed E-state index contributed by atoms with van der Waals surface area (Å²) in [6.07, 6.45) is 28.8. The van der Waals surface area contributed by atoms with Crippen molar-refractivity contribution in [2.75, 3.05) is 0 Å². The Morgan fingerprint density at radius 2 is 1.80 bits per heavy atom. The van der Waals surface area contributed by atoms with Gasteiger partial charge in [-0.15, -0.1) is 0 Å². The topological polar surface area (TPSA) is 26.3 Å². The predicted octanol–water partition coefficient (Wildman–Crippen LogP) is 9.46. The molecule has 0 aliphatic heterocycles. The zero-order chi connectivity index (χ0) is 26.0. The number of hydrogen-bond donors (Lipinski definition) is 0. The van der Waals surface area contributed by atoms with E-state index in [2.05, 4.69) is 104 Å². The van der Waals surface area contributed by atoms with Crippen LogP contribution in [0.5, 0.6) is 0 Å². The molecule has 3 heteroatoms. The summed E-state index contributed by atoms with van der Waals surface area (Å²) in [6, 6.07) is 15.4. The van der Waals surface area contributed by atoms with E-state index in [9.17, 15) is 0 Å². The molecule has 0 saturated carbocycles. The molecule has 4 aromatic rings. The molecule has 40 heavy (non-hydrogen) atoms. The van der Waals surface area contributed by atoms with Gasteiger partial charge in [-0.3, -0.25) is 6.08 Å². The summed E-state index contributed by atoms with van der Waals surface area (Å²) in [4.78, 5) is 0. The van der Waals surface area contributed by atoms with Crippen molar-refractivity contribution in [3.8, 4) is 0 Å². The van der Waals surface area contributed by atoms with E-state index in [1.54, 1.807) is 0 Å². The Morgan fingerprint density at radius 3 is 2.70 bits per heavy atom. The van der Waals surface area contributed by atoms with Crippen LogP contribution < -0.4 is 0 Å². The number of benzene rings is 2. The molecule has 0 saturated heterocycles. The minimum atomic E-state index is -0.0477. The first-order valence-electron chi connectivity index (χ1n) is 14.5. The van der Waals surface area contributed by atoms with Gasteiger partial charge in [-0.1, -0.05) is 73.1 Å². The first-order valence-corrected chi connectivity index (χ1v) is 14.5. The molecule has 196 valence electrons. The molecule has 8 rings (SSSR count). The van der Waals surface area contributed by atoms with E-state index in [-0.39, 0.29) is 30.8 Å². The molecular formula is C37H33O2Zn-. The summed E-state index contributed by atoms with van der Waals surface area (Å²) in [5.74, 6) is 3.46. The summed E-state index contributed by atoms with van der Waals surface area (Å²) < 4.78 is 12.5. The van der Waals surface area contributed by atoms with Crippen molar-refractivity contribution in [2.24, 2.45) is 17.3 Å². The zero-order valence-electron chi connectivity index (χ0n) is 23.2. The molecule has 0 amide bonds. The molecule has 2 aromatic carbocycles. The number of para-hydroxylation sites is 1. The maximum atomic E-state index is 6.23. The first-order chi connectivity index (χ1) is 19.2. The molecule has 2 aromatic heterocycles. The second kappa shape index (κ2) is 10.0. The van der Waals surface area contributed by atoms with Crippen LogP contribution in [0.25, 0.3) is 28.0 Å². The van der Waals surface area contributed by atoms with Crippen LogP contribution in [0.4, 0.5) is 0 Å². The van der Waals surface area contributed by atoms with E-state index >= 15 is 0 Å². The Morgan fingerprint density at radius 1 is 0.925 bits per heavy atom. The molecule has 2 nitrogen and oxygen atoms in total. The second-order valence-corrected chi connectivity index (χ2v) is 12.0. The van der Waals surface area contributed by atoms with Crippen LogP contribution in [-0.4, -0.2) is 0 Å². The van der Waals surface area contributed by atoms with Crippen molar-refractivity contribution in [1.82, 2.24) is 0 Å². The standard InChI is InChI=1S/C37H33O2.Zn/c1-37(27-9-3-2-4-10-27)23-26(24-16-19-35-30(21-24)28-11-5-7-13-33(28)38-35)15-18-32(37)25-17-20-36-31(22-25)29-12-6-8-14-34(29)39-36;/h2-7,9,11-13,17-18,20,22-24,27,32H,8,10,14,16,19,21H2,1H3;/q-1;. The molecular weight excluding hydrogens is 542 g/mol. The number of allylic oxidation sites excluding steroid dienone is 9. The van der Waals surface area contributed by atoms with Gasteiger partial charge in [0, 0.05) is 54.2 Å². The Hall–Kier alpha value is -3.16. The molecule has 0 spiro atoms.